The van der Waals surface area contributed by atoms with Gasteiger partial charge in [-0.2, -0.15) is 5.26 Å². The van der Waals surface area contributed by atoms with Gasteiger partial charge in [-0.25, -0.2) is 0 Å². The minimum atomic E-state index is -0.258. The number of nitrogens with zero attached hydrogens (tertiary/aromatic N) is 1. The first-order valence-corrected chi connectivity index (χ1v) is 5.00. The van der Waals surface area contributed by atoms with Crippen molar-refractivity contribution < 1.29 is 9.47 Å². The maximum Gasteiger partial charge on any atom is 0.184 e. The summed E-state index contributed by atoms with van der Waals surface area (Å²) in [5.41, 5.74) is 1.41. The predicted octanol–water partition coefficient (Wildman–Crippen LogP) is 1.84. The maximum absolute atomic E-state index is 8.81. The standard InChI is InChI=1S/C12H11NO2/c1-12(2)11-10(14-11)8-5-7(6-13)3-4-9(8)15-12/h3-5,9,11H,1-2H3. The van der Waals surface area contributed by atoms with Crippen LogP contribution in [0.2, 0.25) is 0 Å². The summed E-state index contributed by atoms with van der Waals surface area (Å²) in [6.07, 6.45) is 5.60. The molecular formula is C12H11NO2. The van der Waals surface area contributed by atoms with Gasteiger partial charge in [-0.15, -0.1) is 0 Å². The average molecular weight is 201 g/mol. The van der Waals surface area contributed by atoms with E-state index in [9.17, 15) is 0 Å². The van der Waals surface area contributed by atoms with Crippen molar-refractivity contribution in [3.63, 3.8) is 0 Å². The smallest absolute Gasteiger partial charge is 0.184 e. The Balaban J connectivity index is 2.06. The first-order chi connectivity index (χ1) is 7.12. The molecule has 15 heavy (non-hydrogen) atoms. The molecule has 0 amide bonds. The van der Waals surface area contributed by atoms with Crippen LogP contribution in [0.3, 0.4) is 0 Å². The van der Waals surface area contributed by atoms with Crippen LogP contribution in [0.5, 0.6) is 0 Å². The van der Waals surface area contributed by atoms with Gasteiger partial charge in [0.1, 0.15) is 17.5 Å². The zero-order valence-corrected chi connectivity index (χ0v) is 8.65. The van der Waals surface area contributed by atoms with Crippen LogP contribution in [-0.2, 0) is 9.47 Å². The van der Waals surface area contributed by atoms with Gasteiger partial charge in [-0.1, -0.05) is 0 Å². The summed E-state index contributed by atoms with van der Waals surface area (Å²) in [6, 6.07) is 2.13. The second kappa shape index (κ2) is 2.53. The molecule has 2 atom stereocenters. The van der Waals surface area contributed by atoms with E-state index < -0.39 is 0 Å². The van der Waals surface area contributed by atoms with Crippen LogP contribution in [0.25, 0.3) is 0 Å². The van der Waals surface area contributed by atoms with Crippen molar-refractivity contribution >= 4 is 0 Å². The van der Waals surface area contributed by atoms with Crippen LogP contribution in [0.1, 0.15) is 13.8 Å². The fourth-order valence-corrected chi connectivity index (χ4v) is 2.14. The zero-order valence-electron chi connectivity index (χ0n) is 8.65. The molecule has 3 nitrogen and oxygen atoms in total. The highest BCUT2D eigenvalue weighted by Gasteiger charge is 2.54. The summed E-state index contributed by atoms with van der Waals surface area (Å²) in [4.78, 5) is 0. The molecule has 2 unspecified atom stereocenters. The maximum atomic E-state index is 8.81. The molecule has 3 rings (SSSR count). The van der Waals surface area contributed by atoms with Crippen molar-refractivity contribution in [3.05, 3.63) is 35.1 Å². The van der Waals surface area contributed by atoms with E-state index in [1.165, 1.54) is 0 Å². The first-order valence-electron chi connectivity index (χ1n) is 5.00. The van der Waals surface area contributed by atoms with Gasteiger partial charge in [0.25, 0.3) is 0 Å². The van der Waals surface area contributed by atoms with E-state index in [1.807, 2.05) is 26.0 Å². The number of nitriles is 1. The van der Waals surface area contributed by atoms with Gasteiger partial charge < -0.3 is 9.47 Å². The van der Waals surface area contributed by atoms with Crippen molar-refractivity contribution in [2.24, 2.45) is 0 Å². The lowest BCUT2D eigenvalue weighted by Crippen LogP contribution is -2.39. The minimum Gasteiger partial charge on any atom is -0.479 e. The molecule has 0 bridgehead atoms. The Morgan fingerprint density at radius 2 is 2.27 bits per heavy atom. The van der Waals surface area contributed by atoms with E-state index in [2.05, 4.69) is 6.07 Å². The number of rotatable bonds is 0. The fourth-order valence-electron chi connectivity index (χ4n) is 2.14. The van der Waals surface area contributed by atoms with E-state index in [4.69, 9.17) is 14.7 Å². The summed E-state index contributed by atoms with van der Waals surface area (Å²) >= 11 is 0. The van der Waals surface area contributed by atoms with Gasteiger partial charge in [0, 0.05) is 5.57 Å². The van der Waals surface area contributed by atoms with Crippen molar-refractivity contribution in [1.82, 2.24) is 0 Å². The Morgan fingerprint density at radius 1 is 1.47 bits per heavy atom. The van der Waals surface area contributed by atoms with Gasteiger partial charge in [-0.05, 0) is 32.1 Å². The number of fused-ring (bicyclic) bond motifs is 2. The molecule has 0 N–H and O–H groups in total. The Hall–Kier alpha value is -1.53. The fraction of sp³-hybridized carbons (Fsp3) is 0.417. The Morgan fingerprint density at radius 3 is 3.00 bits per heavy atom. The Labute approximate surface area is 88.3 Å². The van der Waals surface area contributed by atoms with Crippen LogP contribution in [0.4, 0.5) is 0 Å². The molecule has 1 saturated heterocycles. The van der Waals surface area contributed by atoms with Gasteiger partial charge in [0.2, 0.25) is 0 Å². The molecular weight excluding hydrogens is 190 g/mol. The van der Waals surface area contributed by atoms with Crippen molar-refractivity contribution in [1.29, 1.82) is 5.26 Å². The van der Waals surface area contributed by atoms with Crippen molar-refractivity contribution in [2.45, 2.75) is 31.7 Å². The third-order valence-corrected chi connectivity index (χ3v) is 2.97. The van der Waals surface area contributed by atoms with E-state index in [1.54, 1.807) is 6.08 Å². The lowest BCUT2D eigenvalue weighted by molar-refractivity contribution is -0.0545. The van der Waals surface area contributed by atoms with Gasteiger partial charge in [0.15, 0.2) is 6.10 Å². The SMILES string of the molecule is CC1(C)OC2C=CC(C#N)=CC2=C2OC21. The topological polar surface area (TPSA) is 45.5 Å². The molecule has 0 aromatic heterocycles. The Bertz CT molecular complexity index is 463. The lowest BCUT2D eigenvalue weighted by atomic mass is 9.91. The molecule has 0 saturated carbocycles. The third-order valence-electron chi connectivity index (χ3n) is 2.97. The molecule has 0 aromatic rings. The molecule has 0 spiro atoms. The van der Waals surface area contributed by atoms with Gasteiger partial charge in [0.05, 0.1) is 11.6 Å². The quantitative estimate of drug-likeness (QED) is 0.562. The molecule has 2 heterocycles. The summed E-state index contributed by atoms with van der Waals surface area (Å²) in [5, 5.41) is 8.81. The van der Waals surface area contributed by atoms with E-state index >= 15 is 0 Å². The van der Waals surface area contributed by atoms with Crippen LogP contribution in [0, 0.1) is 11.3 Å². The van der Waals surface area contributed by atoms with E-state index in [0.717, 1.165) is 11.3 Å². The molecule has 3 heteroatoms. The first kappa shape index (κ1) is 8.75. The number of hydrogen-bond donors (Lipinski definition) is 0. The number of hydrogen-bond acceptors (Lipinski definition) is 3. The second-order valence-electron chi connectivity index (χ2n) is 4.53. The highest BCUT2D eigenvalue weighted by atomic mass is 16.6. The highest BCUT2D eigenvalue weighted by Crippen LogP contribution is 2.48. The zero-order chi connectivity index (χ0) is 10.6. The predicted molar refractivity (Wildman–Crippen MR) is 53.7 cm³/mol. The van der Waals surface area contributed by atoms with Crippen molar-refractivity contribution in [2.75, 3.05) is 0 Å². The van der Waals surface area contributed by atoms with E-state index in [0.29, 0.717) is 5.57 Å². The van der Waals surface area contributed by atoms with Gasteiger partial charge in [-0.3, -0.25) is 0 Å². The summed E-state index contributed by atoms with van der Waals surface area (Å²) < 4.78 is 11.4. The third kappa shape index (κ3) is 1.15. The molecule has 76 valence electrons. The molecule has 1 aliphatic carbocycles. The highest BCUT2D eigenvalue weighted by molar-refractivity contribution is 5.52. The Kier molecular flexibility index (Phi) is 1.48. The van der Waals surface area contributed by atoms with Crippen LogP contribution >= 0.6 is 0 Å². The lowest BCUT2D eigenvalue weighted by Gasteiger charge is -2.31. The monoisotopic (exact) mass is 201 g/mol. The molecule has 1 fully saturated rings. The van der Waals surface area contributed by atoms with Crippen LogP contribution in [0.15, 0.2) is 35.1 Å². The van der Waals surface area contributed by atoms with Crippen LogP contribution in [-0.4, -0.2) is 17.8 Å². The van der Waals surface area contributed by atoms with Gasteiger partial charge >= 0.3 is 0 Å². The molecule has 0 radical (unpaired) electrons. The van der Waals surface area contributed by atoms with E-state index in [-0.39, 0.29) is 17.8 Å². The summed E-state index contributed by atoms with van der Waals surface area (Å²) in [6.45, 7) is 4.05. The normalized spacial score (nSPS) is 34.6. The molecule has 3 aliphatic rings. The van der Waals surface area contributed by atoms with Crippen LogP contribution < -0.4 is 0 Å². The van der Waals surface area contributed by atoms with Crippen molar-refractivity contribution in [3.8, 4) is 6.07 Å². The number of allylic oxidation sites excluding steroid dienone is 2. The summed E-state index contributed by atoms with van der Waals surface area (Å²) in [5.74, 6) is 0.994. The molecule has 0 aromatic carbocycles. The second-order valence-corrected chi connectivity index (χ2v) is 4.53. The molecule has 2 aliphatic heterocycles. The number of epoxide rings is 1. The average Bonchev–Trinajstić information content (AvgIpc) is 2.97. The number of ether oxygens (including phenoxy) is 2. The minimum absolute atomic E-state index is 0.0501. The summed E-state index contributed by atoms with van der Waals surface area (Å²) in [7, 11) is 0. The largest absolute Gasteiger partial charge is 0.479 e.